The molecule has 1 aromatic carbocycles. The number of anilines is 1. The largest absolute Gasteiger partial charge is 0.352 e. The molecule has 4 rings (SSSR count). The molecule has 1 aromatic heterocycles. The smallest absolute Gasteiger partial charge is 0.241 e. The summed E-state index contributed by atoms with van der Waals surface area (Å²) in [6.07, 6.45) is 4.06. The number of rotatable bonds is 2. The Bertz CT molecular complexity index is 713. The molecule has 6 heteroatoms. The summed E-state index contributed by atoms with van der Waals surface area (Å²) in [5.41, 5.74) is 1.79. The van der Waals surface area contributed by atoms with E-state index >= 15 is 0 Å². The molecule has 6 nitrogen and oxygen atoms in total. The lowest BCUT2D eigenvalue weighted by atomic mass is 10.2. The highest BCUT2D eigenvalue weighted by Crippen LogP contribution is 2.18. The van der Waals surface area contributed by atoms with E-state index in [9.17, 15) is 4.79 Å². The van der Waals surface area contributed by atoms with Crippen molar-refractivity contribution in [2.75, 3.05) is 37.6 Å². The van der Waals surface area contributed by atoms with Gasteiger partial charge in [0, 0.05) is 32.7 Å². The zero-order valence-electron chi connectivity index (χ0n) is 13.1. The average molecular weight is 311 g/mol. The van der Waals surface area contributed by atoms with Crippen molar-refractivity contribution in [3.63, 3.8) is 0 Å². The predicted molar refractivity (Wildman–Crippen MR) is 89.4 cm³/mol. The number of carbonyl (C=O) groups excluding carboxylic acids is 1. The van der Waals surface area contributed by atoms with E-state index in [4.69, 9.17) is 4.98 Å². The van der Waals surface area contributed by atoms with Crippen LogP contribution in [0.5, 0.6) is 0 Å². The van der Waals surface area contributed by atoms with Crippen LogP contribution >= 0.6 is 0 Å². The van der Waals surface area contributed by atoms with Gasteiger partial charge >= 0.3 is 0 Å². The van der Waals surface area contributed by atoms with Gasteiger partial charge in [-0.1, -0.05) is 12.1 Å². The van der Waals surface area contributed by atoms with Crippen LogP contribution in [0.2, 0.25) is 0 Å². The Kier molecular flexibility index (Phi) is 3.83. The van der Waals surface area contributed by atoms with Crippen LogP contribution in [0.25, 0.3) is 11.0 Å². The first-order chi connectivity index (χ1) is 11.3. The number of carbonyl (C=O) groups is 1. The van der Waals surface area contributed by atoms with Gasteiger partial charge in [-0.15, -0.1) is 0 Å². The van der Waals surface area contributed by atoms with E-state index in [2.05, 4.69) is 15.2 Å². The highest BCUT2D eigenvalue weighted by atomic mass is 16.2. The van der Waals surface area contributed by atoms with Gasteiger partial charge in [0.15, 0.2) is 0 Å². The number of hydrogen-bond acceptors (Lipinski definition) is 5. The Balaban J connectivity index is 1.52. The number of piperazine rings is 1. The summed E-state index contributed by atoms with van der Waals surface area (Å²) in [5, 5.41) is 3.35. The monoisotopic (exact) mass is 311 g/mol. The lowest BCUT2D eigenvalue weighted by Crippen LogP contribution is -2.57. The van der Waals surface area contributed by atoms with Crippen LogP contribution in [-0.2, 0) is 4.79 Å². The van der Waals surface area contributed by atoms with Gasteiger partial charge in [-0.25, -0.2) is 4.98 Å². The van der Waals surface area contributed by atoms with E-state index < -0.39 is 0 Å². The number of benzene rings is 1. The van der Waals surface area contributed by atoms with Crippen molar-refractivity contribution in [3.8, 4) is 0 Å². The molecule has 0 spiro atoms. The fourth-order valence-corrected chi connectivity index (χ4v) is 3.38. The van der Waals surface area contributed by atoms with Gasteiger partial charge < -0.3 is 15.1 Å². The zero-order chi connectivity index (χ0) is 15.6. The zero-order valence-corrected chi connectivity index (χ0v) is 13.1. The van der Waals surface area contributed by atoms with Crippen LogP contribution in [-0.4, -0.2) is 59.5 Å². The number of amides is 1. The van der Waals surface area contributed by atoms with Crippen LogP contribution in [0.4, 0.5) is 5.82 Å². The van der Waals surface area contributed by atoms with E-state index in [1.807, 2.05) is 35.4 Å². The molecule has 0 aliphatic carbocycles. The first-order valence-corrected chi connectivity index (χ1v) is 8.30. The maximum atomic E-state index is 12.6. The number of hydrogen-bond donors (Lipinski definition) is 1. The normalized spacial score (nSPS) is 21.8. The summed E-state index contributed by atoms with van der Waals surface area (Å²) in [6, 6.07) is 7.73. The van der Waals surface area contributed by atoms with Crippen molar-refractivity contribution in [2.45, 2.75) is 18.9 Å². The number of fused-ring (bicyclic) bond motifs is 1. The van der Waals surface area contributed by atoms with Crippen molar-refractivity contribution in [3.05, 3.63) is 30.5 Å². The van der Waals surface area contributed by atoms with Gasteiger partial charge in [0.2, 0.25) is 5.91 Å². The molecule has 23 heavy (non-hydrogen) atoms. The topological polar surface area (TPSA) is 61.4 Å². The van der Waals surface area contributed by atoms with Gasteiger partial charge in [0.25, 0.3) is 0 Å². The maximum absolute atomic E-state index is 12.6. The molecule has 2 fully saturated rings. The Morgan fingerprint density at radius 2 is 1.91 bits per heavy atom. The van der Waals surface area contributed by atoms with Gasteiger partial charge in [0.1, 0.15) is 11.9 Å². The fraction of sp³-hybridized carbons (Fsp3) is 0.471. The number of nitrogens with one attached hydrogen (secondary N) is 1. The van der Waals surface area contributed by atoms with Crippen molar-refractivity contribution < 1.29 is 4.79 Å². The summed E-state index contributed by atoms with van der Waals surface area (Å²) in [7, 11) is 0. The van der Waals surface area contributed by atoms with Crippen molar-refractivity contribution in [2.24, 2.45) is 0 Å². The average Bonchev–Trinajstić information content (AvgIpc) is 3.15. The van der Waals surface area contributed by atoms with E-state index in [-0.39, 0.29) is 11.9 Å². The predicted octanol–water partition coefficient (Wildman–Crippen LogP) is 1.03. The minimum Gasteiger partial charge on any atom is -0.352 e. The fourth-order valence-electron chi connectivity index (χ4n) is 3.38. The molecule has 3 heterocycles. The molecular weight excluding hydrogens is 290 g/mol. The van der Waals surface area contributed by atoms with E-state index in [1.54, 1.807) is 0 Å². The third-order valence-corrected chi connectivity index (χ3v) is 4.65. The Morgan fingerprint density at radius 1 is 1.13 bits per heavy atom. The number of nitrogens with zero attached hydrogens (tertiary/aromatic N) is 4. The lowest BCUT2D eigenvalue weighted by molar-refractivity contribution is -0.132. The first kappa shape index (κ1) is 14.4. The van der Waals surface area contributed by atoms with E-state index in [0.717, 1.165) is 55.9 Å². The summed E-state index contributed by atoms with van der Waals surface area (Å²) < 4.78 is 0. The molecule has 0 bridgehead atoms. The van der Waals surface area contributed by atoms with Gasteiger partial charge in [0.05, 0.1) is 17.2 Å². The SMILES string of the molecule is O=C(C1CN(c2cnc3ccccc3n2)CCN1)N1CCCC1. The molecule has 0 radical (unpaired) electrons. The molecule has 120 valence electrons. The number of para-hydroxylation sites is 2. The second kappa shape index (κ2) is 6.12. The molecule has 2 aliphatic rings. The minimum absolute atomic E-state index is 0.143. The molecule has 1 unspecified atom stereocenters. The van der Waals surface area contributed by atoms with Crippen LogP contribution in [0.1, 0.15) is 12.8 Å². The van der Waals surface area contributed by atoms with Gasteiger partial charge in [-0.05, 0) is 25.0 Å². The highest BCUT2D eigenvalue weighted by molar-refractivity contribution is 5.83. The number of aromatic nitrogens is 2. The summed E-state index contributed by atoms with van der Waals surface area (Å²) in [4.78, 5) is 25.9. The summed E-state index contributed by atoms with van der Waals surface area (Å²) in [5.74, 6) is 1.07. The standard InChI is InChI=1S/C17H21N5O/c23-17(21-8-3-4-9-21)15-12-22(10-7-18-15)16-11-19-13-5-1-2-6-14(13)20-16/h1-2,5-6,11,15,18H,3-4,7-10,12H2. The molecule has 1 atom stereocenters. The summed E-state index contributed by atoms with van der Waals surface area (Å²) >= 11 is 0. The Labute approximate surface area is 135 Å². The molecular formula is C17H21N5O. The third kappa shape index (κ3) is 2.86. The minimum atomic E-state index is -0.143. The van der Waals surface area contributed by atoms with Crippen molar-refractivity contribution >= 4 is 22.8 Å². The van der Waals surface area contributed by atoms with Crippen molar-refractivity contribution in [1.82, 2.24) is 20.2 Å². The number of likely N-dealkylation sites (tertiary alicyclic amines) is 1. The molecule has 1 N–H and O–H groups in total. The van der Waals surface area contributed by atoms with Crippen LogP contribution < -0.4 is 10.2 Å². The second-order valence-electron chi connectivity index (χ2n) is 6.20. The molecule has 1 amide bonds. The van der Waals surface area contributed by atoms with E-state index in [1.165, 1.54) is 0 Å². The molecule has 2 aromatic rings. The molecule has 0 saturated carbocycles. The van der Waals surface area contributed by atoms with E-state index in [0.29, 0.717) is 6.54 Å². The van der Waals surface area contributed by atoms with Crippen LogP contribution in [0, 0.1) is 0 Å². The van der Waals surface area contributed by atoms with Gasteiger partial charge in [-0.3, -0.25) is 9.78 Å². The summed E-state index contributed by atoms with van der Waals surface area (Å²) in [6.45, 7) is 4.08. The third-order valence-electron chi connectivity index (χ3n) is 4.65. The van der Waals surface area contributed by atoms with Gasteiger partial charge in [-0.2, -0.15) is 0 Å². The first-order valence-electron chi connectivity index (χ1n) is 8.30. The van der Waals surface area contributed by atoms with Crippen LogP contribution in [0.15, 0.2) is 30.5 Å². The Hall–Kier alpha value is -2.21. The maximum Gasteiger partial charge on any atom is 0.241 e. The highest BCUT2D eigenvalue weighted by Gasteiger charge is 2.30. The molecule has 2 aliphatic heterocycles. The lowest BCUT2D eigenvalue weighted by Gasteiger charge is -2.35. The quantitative estimate of drug-likeness (QED) is 0.897. The van der Waals surface area contributed by atoms with Crippen LogP contribution in [0.3, 0.4) is 0 Å². The second-order valence-corrected chi connectivity index (χ2v) is 6.20. The Morgan fingerprint density at radius 3 is 2.74 bits per heavy atom. The van der Waals surface area contributed by atoms with Crippen molar-refractivity contribution in [1.29, 1.82) is 0 Å². The molecule has 2 saturated heterocycles.